The van der Waals surface area contributed by atoms with E-state index in [-0.39, 0.29) is 18.6 Å². The molecule has 0 radical (unpaired) electrons. The molecule has 1 aromatic heterocycles. The van der Waals surface area contributed by atoms with Gasteiger partial charge in [0.1, 0.15) is 11.5 Å². The number of furan rings is 1. The Morgan fingerprint density at radius 2 is 2.09 bits per heavy atom. The second kappa shape index (κ2) is 7.83. The molecule has 1 aliphatic rings. The van der Waals surface area contributed by atoms with Crippen LogP contribution >= 0.6 is 0 Å². The highest BCUT2D eigenvalue weighted by atomic mass is 16.5. The highest BCUT2D eigenvalue weighted by Gasteiger charge is 2.23. The molecule has 2 aromatic rings. The van der Waals surface area contributed by atoms with Gasteiger partial charge in [0.15, 0.2) is 6.61 Å². The molecule has 5 heteroatoms. The number of carbonyl (C=O) groups excluding carboxylic acids is 1. The third kappa shape index (κ3) is 4.60. The molecule has 0 N–H and O–H groups in total. The number of para-hydroxylation sites is 1. The van der Waals surface area contributed by atoms with Crippen molar-refractivity contribution in [1.29, 1.82) is 0 Å². The van der Waals surface area contributed by atoms with Gasteiger partial charge in [-0.3, -0.25) is 4.79 Å². The molecule has 1 unspecified atom stereocenters. The van der Waals surface area contributed by atoms with Crippen molar-refractivity contribution < 1.29 is 18.7 Å². The summed E-state index contributed by atoms with van der Waals surface area (Å²) in [5, 5.41) is 0. The first kappa shape index (κ1) is 15.6. The average molecular weight is 315 g/mol. The lowest BCUT2D eigenvalue weighted by atomic mass is 10.2. The lowest BCUT2D eigenvalue weighted by Crippen LogP contribution is -2.39. The smallest absolute Gasteiger partial charge is 0.261 e. The molecule has 1 aromatic carbocycles. The zero-order valence-corrected chi connectivity index (χ0v) is 13.0. The summed E-state index contributed by atoms with van der Waals surface area (Å²) in [4.78, 5) is 14.3. The number of rotatable bonds is 7. The lowest BCUT2D eigenvalue weighted by molar-refractivity contribution is -0.135. The van der Waals surface area contributed by atoms with E-state index < -0.39 is 0 Å². The van der Waals surface area contributed by atoms with Crippen molar-refractivity contribution in [3.05, 3.63) is 54.5 Å². The fraction of sp³-hybridized carbons (Fsp3) is 0.389. The summed E-state index contributed by atoms with van der Waals surface area (Å²) in [7, 11) is 0. The molecule has 1 aliphatic heterocycles. The number of nitrogens with zero attached hydrogens (tertiary/aromatic N) is 1. The molecule has 1 saturated heterocycles. The predicted octanol–water partition coefficient (Wildman–Crippen LogP) is 2.87. The molecular weight excluding hydrogens is 294 g/mol. The Balaban J connectivity index is 1.59. The van der Waals surface area contributed by atoms with Crippen molar-refractivity contribution >= 4 is 5.91 Å². The van der Waals surface area contributed by atoms with Gasteiger partial charge in [0.05, 0.1) is 18.9 Å². The molecule has 0 bridgehead atoms. The van der Waals surface area contributed by atoms with Gasteiger partial charge in [-0.15, -0.1) is 0 Å². The summed E-state index contributed by atoms with van der Waals surface area (Å²) in [6, 6.07) is 13.0. The van der Waals surface area contributed by atoms with Crippen molar-refractivity contribution in [2.24, 2.45) is 0 Å². The SMILES string of the molecule is O=C(COc1ccccc1)N(Cc1ccco1)CC1CCCO1. The van der Waals surface area contributed by atoms with Crippen molar-refractivity contribution in [3.63, 3.8) is 0 Å². The van der Waals surface area contributed by atoms with Crippen molar-refractivity contribution in [2.75, 3.05) is 19.8 Å². The van der Waals surface area contributed by atoms with E-state index >= 15 is 0 Å². The van der Waals surface area contributed by atoms with Crippen LogP contribution in [0.15, 0.2) is 53.1 Å². The van der Waals surface area contributed by atoms with Gasteiger partial charge in [-0.05, 0) is 37.1 Å². The largest absolute Gasteiger partial charge is 0.484 e. The molecule has 2 heterocycles. The molecular formula is C18H21NO4. The van der Waals surface area contributed by atoms with Crippen LogP contribution in [0.1, 0.15) is 18.6 Å². The summed E-state index contributed by atoms with van der Waals surface area (Å²) in [6.45, 7) is 1.78. The monoisotopic (exact) mass is 315 g/mol. The van der Waals surface area contributed by atoms with Crippen LogP contribution in [-0.4, -0.2) is 36.7 Å². The van der Waals surface area contributed by atoms with Crippen molar-refractivity contribution in [2.45, 2.75) is 25.5 Å². The van der Waals surface area contributed by atoms with E-state index in [2.05, 4.69) is 0 Å². The van der Waals surface area contributed by atoms with Gasteiger partial charge in [0.25, 0.3) is 5.91 Å². The number of hydrogen-bond acceptors (Lipinski definition) is 4. The second-order valence-corrected chi connectivity index (χ2v) is 5.59. The summed E-state index contributed by atoms with van der Waals surface area (Å²) in [6.07, 6.45) is 3.76. The Hall–Kier alpha value is -2.27. The fourth-order valence-corrected chi connectivity index (χ4v) is 2.63. The van der Waals surface area contributed by atoms with Crippen LogP contribution in [0, 0.1) is 0 Å². The van der Waals surface area contributed by atoms with Crippen LogP contribution in [0.4, 0.5) is 0 Å². The standard InChI is InChI=1S/C18H21NO4/c20-18(14-23-15-6-2-1-3-7-15)19(12-16-8-4-10-21-16)13-17-9-5-11-22-17/h1-4,6-8,10,17H,5,9,11-14H2. The summed E-state index contributed by atoms with van der Waals surface area (Å²) in [5.41, 5.74) is 0. The summed E-state index contributed by atoms with van der Waals surface area (Å²) in [5.74, 6) is 1.38. The van der Waals surface area contributed by atoms with Crippen LogP contribution < -0.4 is 4.74 Å². The maximum Gasteiger partial charge on any atom is 0.261 e. The molecule has 0 saturated carbocycles. The Bertz CT molecular complexity index is 591. The van der Waals surface area contributed by atoms with E-state index in [1.807, 2.05) is 42.5 Å². The first-order chi connectivity index (χ1) is 11.3. The van der Waals surface area contributed by atoms with Crippen LogP contribution in [0.2, 0.25) is 0 Å². The quantitative estimate of drug-likeness (QED) is 0.788. The molecule has 1 atom stereocenters. The Morgan fingerprint density at radius 1 is 1.22 bits per heavy atom. The minimum absolute atomic E-state index is 0.0114. The molecule has 1 amide bonds. The number of amides is 1. The molecule has 0 aliphatic carbocycles. The van der Waals surface area contributed by atoms with Crippen molar-refractivity contribution in [3.8, 4) is 5.75 Å². The van der Waals surface area contributed by atoms with E-state index in [9.17, 15) is 4.79 Å². The molecule has 23 heavy (non-hydrogen) atoms. The highest BCUT2D eigenvalue weighted by Crippen LogP contribution is 2.16. The van der Waals surface area contributed by atoms with Gasteiger partial charge in [-0.1, -0.05) is 18.2 Å². The molecule has 0 spiro atoms. The second-order valence-electron chi connectivity index (χ2n) is 5.59. The van der Waals surface area contributed by atoms with E-state index in [1.54, 1.807) is 11.2 Å². The van der Waals surface area contributed by atoms with Gasteiger partial charge < -0.3 is 18.8 Å². The summed E-state index contributed by atoms with van der Waals surface area (Å²) < 4.78 is 16.6. The van der Waals surface area contributed by atoms with Crippen LogP contribution in [0.5, 0.6) is 5.75 Å². The van der Waals surface area contributed by atoms with Gasteiger partial charge >= 0.3 is 0 Å². The van der Waals surface area contributed by atoms with Gasteiger partial charge in [0, 0.05) is 13.2 Å². The lowest BCUT2D eigenvalue weighted by Gasteiger charge is -2.24. The zero-order chi connectivity index (χ0) is 15.9. The Morgan fingerprint density at radius 3 is 2.78 bits per heavy atom. The Kier molecular flexibility index (Phi) is 5.32. The minimum atomic E-state index is -0.0687. The van der Waals surface area contributed by atoms with E-state index in [0.29, 0.717) is 18.8 Å². The number of ether oxygens (including phenoxy) is 2. The van der Waals surface area contributed by atoms with Crippen LogP contribution in [0.25, 0.3) is 0 Å². The predicted molar refractivity (Wildman–Crippen MR) is 85.0 cm³/mol. The molecule has 5 nitrogen and oxygen atoms in total. The number of benzene rings is 1. The van der Waals surface area contributed by atoms with Gasteiger partial charge in [-0.25, -0.2) is 0 Å². The van der Waals surface area contributed by atoms with E-state index in [0.717, 1.165) is 25.2 Å². The third-order valence-electron chi connectivity index (χ3n) is 3.83. The molecule has 1 fully saturated rings. The highest BCUT2D eigenvalue weighted by molar-refractivity contribution is 5.77. The van der Waals surface area contributed by atoms with Crippen LogP contribution in [0.3, 0.4) is 0 Å². The van der Waals surface area contributed by atoms with E-state index in [1.165, 1.54) is 0 Å². The zero-order valence-electron chi connectivity index (χ0n) is 13.0. The maximum atomic E-state index is 12.5. The third-order valence-corrected chi connectivity index (χ3v) is 3.83. The Labute approximate surface area is 135 Å². The number of carbonyl (C=O) groups is 1. The minimum Gasteiger partial charge on any atom is -0.484 e. The number of hydrogen-bond donors (Lipinski definition) is 0. The maximum absolute atomic E-state index is 12.5. The first-order valence-electron chi connectivity index (χ1n) is 7.91. The summed E-state index contributed by atoms with van der Waals surface area (Å²) >= 11 is 0. The van der Waals surface area contributed by atoms with Gasteiger partial charge in [-0.2, -0.15) is 0 Å². The van der Waals surface area contributed by atoms with Gasteiger partial charge in [0.2, 0.25) is 0 Å². The molecule has 122 valence electrons. The van der Waals surface area contributed by atoms with Crippen LogP contribution in [-0.2, 0) is 16.1 Å². The van der Waals surface area contributed by atoms with Crippen molar-refractivity contribution in [1.82, 2.24) is 4.90 Å². The topological polar surface area (TPSA) is 51.9 Å². The first-order valence-corrected chi connectivity index (χ1v) is 7.91. The fourth-order valence-electron chi connectivity index (χ4n) is 2.63. The average Bonchev–Trinajstić information content (AvgIpc) is 3.27. The normalized spacial score (nSPS) is 17.1. The molecule has 3 rings (SSSR count). The van der Waals surface area contributed by atoms with E-state index in [4.69, 9.17) is 13.9 Å².